The summed E-state index contributed by atoms with van der Waals surface area (Å²) < 4.78 is 0. The lowest BCUT2D eigenvalue weighted by Gasteiger charge is -2.04. The van der Waals surface area contributed by atoms with E-state index in [0.717, 1.165) is 0 Å². The summed E-state index contributed by atoms with van der Waals surface area (Å²) in [5, 5.41) is 8.85. The molecule has 0 unspecified atom stereocenters. The van der Waals surface area contributed by atoms with Crippen LogP contribution in [0, 0.1) is 0 Å². The summed E-state index contributed by atoms with van der Waals surface area (Å²) in [6.07, 6.45) is 0. The largest absolute Gasteiger partial charge is 0.271 e. The molecule has 8 heteroatoms. The number of benzene rings is 2. The second-order valence-electron chi connectivity index (χ2n) is 5.30. The van der Waals surface area contributed by atoms with E-state index in [1.807, 2.05) is 0 Å². The van der Waals surface area contributed by atoms with Crippen LogP contribution in [0.1, 0.15) is 34.6 Å². The molecule has 134 valence electrons. The number of hydrogen-bond acceptors (Lipinski definition) is 4. The van der Waals surface area contributed by atoms with E-state index in [1.165, 1.54) is 12.1 Å². The molecule has 0 saturated carbocycles. The third-order valence-electron chi connectivity index (χ3n) is 3.35. The number of nitrogens with one attached hydrogen (secondary N) is 2. The Morgan fingerprint density at radius 1 is 0.769 bits per heavy atom. The molecule has 0 fully saturated rings. The second kappa shape index (κ2) is 9.12. The van der Waals surface area contributed by atoms with Gasteiger partial charge < -0.3 is 0 Å². The molecule has 2 aromatic carbocycles. The number of rotatable bonds is 5. The van der Waals surface area contributed by atoms with Crippen molar-refractivity contribution in [3.05, 3.63) is 69.7 Å². The van der Waals surface area contributed by atoms with Gasteiger partial charge in [0.05, 0.1) is 11.4 Å². The molecule has 0 aliphatic rings. The van der Waals surface area contributed by atoms with Crippen molar-refractivity contribution in [2.75, 3.05) is 0 Å². The summed E-state index contributed by atoms with van der Waals surface area (Å²) in [4.78, 5) is 24.0. The Morgan fingerprint density at radius 2 is 1.15 bits per heavy atom. The number of nitrogens with zero attached hydrogens (tertiary/aromatic N) is 2. The first-order valence-electron chi connectivity index (χ1n) is 7.57. The third kappa shape index (κ3) is 5.68. The van der Waals surface area contributed by atoms with Gasteiger partial charge in [0.2, 0.25) is 0 Å². The molecule has 0 spiro atoms. The minimum atomic E-state index is -0.400. The van der Waals surface area contributed by atoms with Gasteiger partial charge in [0.15, 0.2) is 0 Å². The molecule has 0 aliphatic heterocycles. The molecular formula is C18H16Cl2N4O2. The average molecular weight is 391 g/mol. The maximum Gasteiger partial charge on any atom is 0.271 e. The zero-order chi connectivity index (χ0) is 19.1. The lowest BCUT2D eigenvalue weighted by molar-refractivity contribution is 0.0946. The van der Waals surface area contributed by atoms with Gasteiger partial charge in [-0.25, -0.2) is 10.9 Å². The van der Waals surface area contributed by atoms with Gasteiger partial charge in [-0.3, -0.25) is 9.59 Å². The van der Waals surface area contributed by atoms with Gasteiger partial charge in [0, 0.05) is 21.2 Å². The molecule has 0 bridgehead atoms. The van der Waals surface area contributed by atoms with Crippen molar-refractivity contribution in [1.29, 1.82) is 0 Å². The quantitative estimate of drug-likeness (QED) is 0.599. The fourth-order valence-corrected chi connectivity index (χ4v) is 2.20. The van der Waals surface area contributed by atoms with E-state index in [2.05, 4.69) is 21.1 Å². The molecule has 2 aromatic rings. The van der Waals surface area contributed by atoms with Crippen LogP contribution in [0.15, 0.2) is 58.7 Å². The Bertz CT molecular complexity index is 821. The van der Waals surface area contributed by atoms with Crippen LogP contribution < -0.4 is 10.9 Å². The third-order valence-corrected chi connectivity index (χ3v) is 3.82. The SMILES string of the molecule is CC(=N/NC(=O)c1cccc(Cl)c1)/C(C)=N\NC(=O)c1cccc(Cl)c1. The van der Waals surface area contributed by atoms with Crippen LogP contribution in [-0.4, -0.2) is 23.2 Å². The van der Waals surface area contributed by atoms with E-state index >= 15 is 0 Å². The molecule has 2 rings (SSSR count). The fraction of sp³-hybridized carbons (Fsp3) is 0.111. The van der Waals surface area contributed by atoms with Crippen molar-refractivity contribution < 1.29 is 9.59 Å². The Morgan fingerprint density at radius 3 is 1.50 bits per heavy atom. The lowest BCUT2D eigenvalue weighted by atomic mass is 10.2. The fourth-order valence-electron chi connectivity index (χ4n) is 1.82. The number of carbonyl (C=O) groups is 2. The molecular weight excluding hydrogens is 375 g/mol. The number of carbonyl (C=O) groups excluding carboxylic acids is 2. The predicted molar refractivity (Wildman–Crippen MR) is 104 cm³/mol. The lowest BCUT2D eigenvalue weighted by Crippen LogP contribution is -2.24. The maximum absolute atomic E-state index is 12.0. The molecule has 6 nitrogen and oxygen atoms in total. The van der Waals surface area contributed by atoms with Crippen LogP contribution in [0.25, 0.3) is 0 Å². The molecule has 0 heterocycles. The summed E-state index contributed by atoms with van der Waals surface area (Å²) >= 11 is 11.7. The number of amides is 2. The van der Waals surface area contributed by atoms with Gasteiger partial charge in [0.1, 0.15) is 0 Å². The molecule has 0 atom stereocenters. The van der Waals surface area contributed by atoms with E-state index in [4.69, 9.17) is 23.2 Å². The number of halogens is 2. The standard InChI is InChI=1S/C18H16Cl2N4O2/c1-11(21-23-17(25)13-5-3-7-15(19)9-13)12(2)22-24-18(26)14-6-4-8-16(20)10-14/h3-10H,1-2H3,(H,23,25)(H,24,26)/b21-11-,22-12-. The van der Waals surface area contributed by atoms with Gasteiger partial charge in [0.25, 0.3) is 11.8 Å². The van der Waals surface area contributed by atoms with Crippen LogP contribution in [0.5, 0.6) is 0 Å². The highest BCUT2D eigenvalue weighted by Crippen LogP contribution is 2.11. The Hall–Kier alpha value is -2.70. The van der Waals surface area contributed by atoms with Crippen molar-refractivity contribution in [2.24, 2.45) is 10.2 Å². The summed E-state index contributed by atoms with van der Waals surface area (Å²) in [5.74, 6) is -0.801. The van der Waals surface area contributed by atoms with Crippen molar-refractivity contribution in [2.45, 2.75) is 13.8 Å². The van der Waals surface area contributed by atoms with Crippen LogP contribution in [-0.2, 0) is 0 Å². The molecule has 2 N–H and O–H groups in total. The molecule has 0 saturated heterocycles. The van der Waals surface area contributed by atoms with E-state index < -0.39 is 11.8 Å². The summed E-state index contributed by atoms with van der Waals surface area (Å²) in [7, 11) is 0. The minimum absolute atomic E-state index is 0.387. The van der Waals surface area contributed by atoms with Crippen LogP contribution in [0.4, 0.5) is 0 Å². The van der Waals surface area contributed by atoms with Gasteiger partial charge in [-0.15, -0.1) is 0 Å². The van der Waals surface area contributed by atoms with Crippen LogP contribution in [0.2, 0.25) is 10.0 Å². The van der Waals surface area contributed by atoms with Gasteiger partial charge in [-0.2, -0.15) is 10.2 Å². The van der Waals surface area contributed by atoms with Gasteiger partial charge >= 0.3 is 0 Å². The summed E-state index contributed by atoms with van der Waals surface area (Å²) in [6, 6.07) is 13.0. The first kappa shape index (κ1) is 19.6. The molecule has 0 aliphatic carbocycles. The molecule has 0 aromatic heterocycles. The predicted octanol–water partition coefficient (Wildman–Crippen LogP) is 3.91. The smallest absolute Gasteiger partial charge is 0.267 e. The van der Waals surface area contributed by atoms with Crippen molar-refractivity contribution in [1.82, 2.24) is 10.9 Å². The van der Waals surface area contributed by atoms with Crippen molar-refractivity contribution >= 4 is 46.4 Å². The second-order valence-corrected chi connectivity index (χ2v) is 6.17. The Balaban J connectivity index is 1.98. The minimum Gasteiger partial charge on any atom is -0.267 e. The van der Waals surface area contributed by atoms with E-state index in [0.29, 0.717) is 32.6 Å². The van der Waals surface area contributed by atoms with Crippen LogP contribution in [0.3, 0.4) is 0 Å². The van der Waals surface area contributed by atoms with E-state index in [-0.39, 0.29) is 0 Å². The normalized spacial score (nSPS) is 11.8. The zero-order valence-electron chi connectivity index (χ0n) is 14.1. The maximum atomic E-state index is 12.0. The first-order chi connectivity index (χ1) is 12.4. The van der Waals surface area contributed by atoms with Crippen molar-refractivity contribution in [3.63, 3.8) is 0 Å². The van der Waals surface area contributed by atoms with E-state index in [9.17, 15) is 9.59 Å². The zero-order valence-corrected chi connectivity index (χ0v) is 15.6. The highest BCUT2D eigenvalue weighted by molar-refractivity contribution is 6.40. The number of hydrogen-bond donors (Lipinski definition) is 2. The Kier molecular flexibility index (Phi) is 6.89. The number of hydrazone groups is 2. The summed E-state index contributed by atoms with van der Waals surface area (Å²) in [5.41, 5.74) is 6.47. The van der Waals surface area contributed by atoms with Gasteiger partial charge in [-0.1, -0.05) is 35.3 Å². The average Bonchev–Trinajstić information content (AvgIpc) is 2.63. The highest BCUT2D eigenvalue weighted by Gasteiger charge is 2.07. The van der Waals surface area contributed by atoms with Crippen LogP contribution >= 0.6 is 23.2 Å². The Labute approximate surface area is 160 Å². The molecule has 26 heavy (non-hydrogen) atoms. The molecule has 2 amide bonds. The summed E-state index contributed by atoms with van der Waals surface area (Å²) in [6.45, 7) is 3.31. The van der Waals surface area contributed by atoms with Crippen molar-refractivity contribution in [3.8, 4) is 0 Å². The highest BCUT2D eigenvalue weighted by atomic mass is 35.5. The molecule has 0 radical (unpaired) electrons. The van der Waals surface area contributed by atoms with Gasteiger partial charge in [-0.05, 0) is 50.2 Å². The topological polar surface area (TPSA) is 82.9 Å². The monoisotopic (exact) mass is 390 g/mol. The first-order valence-corrected chi connectivity index (χ1v) is 8.33. The van der Waals surface area contributed by atoms with E-state index in [1.54, 1.807) is 50.2 Å².